The first-order valence-electron chi connectivity index (χ1n) is 5.94. The van der Waals surface area contributed by atoms with Crippen molar-refractivity contribution in [2.24, 2.45) is 5.73 Å². The Balaban J connectivity index is 2.07. The predicted molar refractivity (Wildman–Crippen MR) is 65.9 cm³/mol. The summed E-state index contributed by atoms with van der Waals surface area (Å²) in [6, 6.07) is 5.17. The van der Waals surface area contributed by atoms with Crippen LogP contribution in [0.5, 0.6) is 5.75 Å². The summed E-state index contributed by atoms with van der Waals surface area (Å²) in [5, 5.41) is 0. The highest BCUT2D eigenvalue weighted by Gasteiger charge is 2.27. The van der Waals surface area contributed by atoms with Gasteiger partial charge in [-0.2, -0.15) is 8.78 Å². The lowest BCUT2D eigenvalue weighted by Crippen LogP contribution is -2.19. The number of hydrogen-bond acceptors (Lipinski definition) is 4. The highest BCUT2D eigenvalue weighted by Crippen LogP contribution is 2.25. The zero-order chi connectivity index (χ0) is 14.0. The van der Waals surface area contributed by atoms with Crippen molar-refractivity contribution in [3.05, 3.63) is 24.3 Å². The summed E-state index contributed by atoms with van der Waals surface area (Å²) < 4.78 is 52.7. The Morgan fingerprint density at radius 3 is 2.32 bits per heavy atom. The smallest absolute Gasteiger partial charge is 0.341 e. The molecule has 1 aromatic carbocycles. The van der Waals surface area contributed by atoms with Crippen LogP contribution in [0.2, 0.25) is 0 Å². The molecule has 2 rings (SSSR count). The molecule has 0 radical (unpaired) electrons. The highest BCUT2D eigenvalue weighted by atomic mass is 32.2. The zero-order valence-electron chi connectivity index (χ0n) is 10.1. The Morgan fingerprint density at radius 2 is 1.84 bits per heavy atom. The third-order valence-corrected chi connectivity index (χ3v) is 4.51. The molecule has 0 spiro atoms. The standard InChI is InChI=1S/C12H15F2NO3S/c13-12(14)19(16,17)11-5-3-9(4-6-11)18-10-2-1-8(15)7-10/h3-6,8,10,12H,1-2,7,15H2. The van der Waals surface area contributed by atoms with Gasteiger partial charge in [0, 0.05) is 6.04 Å². The van der Waals surface area contributed by atoms with Crippen molar-refractivity contribution in [3.63, 3.8) is 0 Å². The molecule has 1 aliphatic carbocycles. The molecule has 2 atom stereocenters. The second-order valence-corrected chi connectivity index (χ2v) is 6.51. The van der Waals surface area contributed by atoms with Crippen LogP contribution in [0.15, 0.2) is 29.2 Å². The molecule has 1 aromatic rings. The summed E-state index contributed by atoms with van der Waals surface area (Å²) in [5.41, 5.74) is 5.75. The maximum absolute atomic E-state index is 12.3. The summed E-state index contributed by atoms with van der Waals surface area (Å²) in [6.45, 7) is 0. The van der Waals surface area contributed by atoms with E-state index in [-0.39, 0.29) is 12.1 Å². The molecule has 7 heteroatoms. The van der Waals surface area contributed by atoms with E-state index in [0.29, 0.717) is 5.75 Å². The lowest BCUT2D eigenvalue weighted by molar-refractivity contribution is 0.208. The first-order chi connectivity index (χ1) is 8.89. The van der Waals surface area contributed by atoms with E-state index in [1.807, 2.05) is 0 Å². The van der Waals surface area contributed by atoms with Gasteiger partial charge in [0.1, 0.15) is 11.9 Å². The maximum Gasteiger partial charge on any atom is 0.341 e. The fraction of sp³-hybridized carbons (Fsp3) is 0.500. The van der Waals surface area contributed by atoms with E-state index in [0.717, 1.165) is 31.4 Å². The van der Waals surface area contributed by atoms with Crippen LogP contribution >= 0.6 is 0 Å². The van der Waals surface area contributed by atoms with Crippen molar-refractivity contribution < 1.29 is 21.9 Å². The van der Waals surface area contributed by atoms with Gasteiger partial charge in [0.15, 0.2) is 0 Å². The highest BCUT2D eigenvalue weighted by molar-refractivity contribution is 7.91. The predicted octanol–water partition coefficient (Wildman–Crippen LogP) is 1.94. The van der Waals surface area contributed by atoms with Crippen molar-refractivity contribution in [2.45, 2.75) is 42.1 Å². The molecular weight excluding hydrogens is 276 g/mol. The minimum Gasteiger partial charge on any atom is -0.490 e. The number of sulfone groups is 1. The summed E-state index contributed by atoms with van der Waals surface area (Å²) in [4.78, 5) is -0.405. The molecule has 0 heterocycles. The number of hydrogen-bond donors (Lipinski definition) is 1. The van der Waals surface area contributed by atoms with Gasteiger partial charge in [0.25, 0.3) is 0 Å². The normalized spacial score (nSPS) is 23.8. The molecule has 0 aliphatic heterocycles. The van der Waals surface area contributed by atoms with Crippen LogP contribution in [0.4, 0.5) is 8.78 Å². The van der Waals surface area contributed by atoms with E-state index in [9.17, 15) is 17.2 Å². The molecule has 1 fully saturated rings. The van der Waals surface area contributed by atoms with Crippen molar-refractivity contribution in [1.82, 2.24) is 0 Å². The summed E-state index contributed by atoms with van der Waals surface area (Å²) in [7, 11) is -4.54. The van der Waals surface area contributed by atoms with Gasteiger partial charge < -0.3 is 10.5 Å². The third kappa shape index (κ3) is 3.22. The van der Waals surface area contributed by atoms with Gasteiger partial charge in [-0.25, -0.2) is 8.42 Å². The Morgan fingerprint density at radius 1 is 1.21 bits per heavy atom. The lowest BCUT2D eigenvalue weighted by Gasteiger charge is -2.13. The van der Waals surface area contributed by atoms with E-state index in [2.05, 4.69) is 0 Å². The minimum absolute atomic E-state index is 0.00700. The minimum atomic E-state index is -4.54. The van der Waals surface area contributed by atoms with Gasteiger partial charge in [0.2, 0.25) is 9.84 Å². The molecule has 2 N–H and O–H groups in total. The Bertz CT molecular complexity index is 530. The van der Waals surface area contributed by atoms with Crippen molar-refractivity contribution in [2.75, 3.05) is 0 Å². The largest absolute Gasteiger partial charge is 0.490 e. The molecule has 0 amide bonds. The second-order valence-electron chi connectivity index (χ2n) is 4.59. The quantitative estimate of drug-likeness (QED) is 0.920. The molecule has 0 bridgehead atoms. The summed E-state index contributed by atoms with van der Waals surface area (Å²) in [5.74, 6) is -2.94. The topological polar surface area (TPSA) is 69.4 Å². The lowest BCUT2D eigenvalue weighted by atomic mass is 10.3. The fourth-order valence-electron chi connectivity index (χ4n) is 2.08. The monoisotopic (exact) mass is 291 g/mol. The maximum atomic E-state index is 12.3. The van der Waals surface area contributed by atoms with Crippen molar-refractivity contribution in [1.29, 1.82) is 0 Å². The van der Waals surface area contributed by atoms with Gasteiger partial charge in [-0.15, -0.1) is 0 Å². The van der Waals surface area contributed by atoms with Gasteiger partial charge in [-0.3, -0.25) is 0 Å². The number of ether oxygens (including phenoxy) is 1. The number of nitrogens with two attached hydrogens (primary N) is 1. The molecule has 0 saturated heterocycles. The molecule has 106 valence electrons. The van der Waals surface area contributed by atoms with Crippen LogP contribution in [-0.4, -0.2) is 26.3 Å². The molecule has 19 heavy (non-hydrogen) atoms. The van der Waals surface area contributed by atoms with Gasteiger partial charge in [0.05, 0.1) is 4.90 Å². The van der Waals surface area contributed by atoms with E-state index < -0.39 is 20.5 Å². The van der Waals surface area contributed by atoms with Crippen LogP contribution < -0.4 is 10.5 Å². The summed E-state index contributed by atoms with van der Waals surface area (Å²) in [6.07, 6.45) is 2.49. The fourth-order valence-corrected chi connectivity index (χ4v) is 2.80. The van der Waals surface area contributed by atoms with E-state index in [4.69, 9.17) is 10.5 Å². The van der Waals surface area contributed by atoms with Crippen LogP contribution in [0, 0.1) is 0 Å². The van der Waals surface area contributed by atoms with Crippen LogP contribution in [-0.2, 0) is 9.84 Å². The van der Waals surface area contributed by atoms with E-state index in [1.165, 1.54) is 12.1 Å². The number of rotatable bonds is 4. The average Bonchev–Trinajstić information content (AvgIpc) is 2.75. The molecule has 1 saturated carbocycles. The summed E-state index contributed by atoms with van der Waals surface area (Å²) >= 11 is 0. The van der Waals surface area contributed by atoms with E-state index >= 15 is 0 Å². The number of benzene rings is 1. The number of halogens is 2. The number of alkyl halides is 2. The first kappa shape index (κ1) is 14.2. The first-order valence-corrected chi connectivity index (χ1v) is 7.48. The van der Waals surface area contributed by atoms with Crippen molar-refractivity contribution in [3.8, 4) is 5.75 Å². The van der Waals surface area contributed by atoms with Crippen LogP contribution in [0.25, 0.3) is 0 Å². The third-order valence-electron chi connectivity index (χ3n) is 3.11. The second kappa shape index (κ2) is 5.42. The molecule has 1 aliphatic rings. The Hall–Kier alpha value is -1.21. The molecule has 0 aromatic heterocycles. The zero-order valence-corrected chi connectivity index (χ0v) is 10.9. The van der Waals surface area contributed by atoms with Crippen LogP contribution in [0.3, 0.4) is 0 Å². The van der Waals surface area contributed by atoms with Crippen molar-refractivity contribution >= 4 is 9.84 Å². The Labute approximate surface area is 110 Å². The van der Waals surface area contributed by atoms with E-state index in [1.54, 1.807) is 0 Å². The van der Waals surface area contributed by atoms with Crippen LogP contribution in [0.1, 0.15) is 19.3 Å². The molecule has 2 unspecified atom stereocenters. The molecular formula is C12H15F2NO3S. The average molecular weight is 291 g/mol. The van der Waals surface area contributed by atoms with Gasteiger partial charge >= 0.3 is 5.76 Å². The Kier molecular flexibility index (Phi) is 4.05. The molecule has 4 nitrogen and oxygen atoms in total. The SMILES string of the molecule is NC1CCC(Oc2ccc(S(=O)(=O)C(F)F)cc2)C1. The van der Waals surface area contributed by atoms with Gasteiger partial charge in [-0.1, -0.05) is 0 Å². The van der Waals surface area contributed by atoms with Gasteiger partial charge in [-0.05, 0) is 43.5 Å².